The summed E-state index contributed by atoms with van der Waals surface area (Å²) in [6.45, 7) is 2.13. The predicted molar refractivity (Wildman–Crippen MR) is 91.6 cm³/mol. The molecule has 25 heavy (non-hydrogen) atoms. The smallest absolute Gasteiger partial charge is 0.251 e. The van der Waals surface area contributed by atoms with Gasteiger partial charge >= 0.3 is 0 Å². The molecule has 0 spiro atoms. The molecule has 0 bridgehead atoms. The Morgan fingerprint density at radius 1 is 1.32 bits per heavy atom. The molecule has 9 heteroatoms. The number of nitrogens with zero attached hydrogens (tertiary/aromatic N) is 3. The van der Waals surface area contributed by atoms with Crippen molar-refractivity contribution in [2.75, 3.05) is 26.0 Å². The van der Waals surface area contributed by atoms with Crippen LogP contribution in [0.2, 0.25) is 0 Å². The molecular formula is C16H24N4O4S. The van der Waals surface area contributed by atoms with Crippen molar-refractivity contribution in [1.82, 2.24) is 20.4 Å². The third kappa shape index (κ3) is 4.72. The highest BCUT2D eigenvalue weighted by Crippen LogP contribution is 2.21. The van der Waals surface area contributed by atoms with Gasteiger partial charge in [-0.15, -0.1) is 0 Å². The molecule has 2 saturated heterocycles. The van der Waals surface area contributed by atoms with Crippen LogP contribution in [0.5, 0.6) is 0 Å². The SMILES string of the molecule is CSCc1noc(CNC(=O)C2CCN(C(=O)C3CCCO3)CC2)n1. The lowest BCUT2D eigenvalue weighted by atomic mass is 9.95. The number of carbonyl (C=O) groups excluding carboxylic acids is 2. The van der Waals surface area contributed by atoms with Crippen molar-refractivity contribution >= 4 is 23.6 Å². The molecule has 8 nitrogen and oxygen atoms in total. The summed E-state index contributed by atoms with van der Waals surface area (Å²) < 4.78 is 10.6. The predicted octanol–water partition coefficient (Wildman–Crippen LogP) is 0.966. The zero-order valence-electron chi connectivity index (χ0n) is 14.4. The highest BCUT2D eigenvalue weighted by Gasteiger charge is 2.32. The molecule has 1 atom stereocenters. The van der Waals surface area contributed by atoms with Crippen LogP contribution in [0.15, 0.2) is 4.52 Å². The number of ether oxygens (including phenoxy) is 1. The van der Waals surface area contributed by atoms with E-state index in [4.69, 9.17) is 9.26 Å². The fourth-order valence-electron chi connectivity index (χ4n) is 3.19. The molecule has 2 fully saturated rings. The number of carbonyl (C=O) groups is 2. The van der Waals surface area contributed by atoms with Gasteiger partial charge in [0.05, 0.1) is 12.3 Å². The molecule has 3 rings (SSSR count). The molecule has 0 radical (unpaired) electrons. The van der Waals surface area contributed by atoms with Crippen molar-refractivity contribution < 1.29 is 18.8 Å². The lowest BCUT2D eigenvalue weighted by Crippen LogP contribution is -2.46. The Balaban J connectivity index is 1.41. The lowest BCUT2D eigenvalue weighted by Gasteiger charge is -2.32. The molecular weight excluding hydrogens is 344 g/mol. The summed E-state index contributed by atoms with van der Waals surface area (Å²) in [5.74, 6) is 1.72. The Labute approximate surface area is 151 Å². The van der Waals surface area contributed by atoms with E-state index in [2.05, 4.69) is 15.5 Å². The molecule has 1 N–H and O–H groups in total. The summed E-state index contributed by atoms with van der Waals surface area (Å²) >= 11 is 1.61. The van der Waals surface area contributed by atoms with Gasteiger partial charge in [0.15, 0.2) is 5.82 Å². The summed E-state index contributed by atoms with van der Waals surface area (Å²) in [6, 6.07) is 0. The van der Waals surface area contributed by atoms with Crippen molar-refractivity contribution in [1.29, 1.82) is 0 Å². The van der Waals surface area contributed by atoms with Crippen molar-refractivity contribution in [3.05, 3.63) is 11.7 Å². The molecule has 1 aromatic heterocycles. The zero-order valence-corrected chi connectivity index (χ0v) is 15.2. The van der Waals surface area contributed by atoms with Gasteiger partial charge in [0, 0.05) is 25.6 Å². The van der Waals surface area contributed by atoms with E-state index >= 15 is 0 Å². The molecule has 0 saturated carbocycles. The van der Waals surface area contributed by atoms with Gasteiger partial charge in [-0.05, 0) is 31.9 Å². The Hall–Kier alpha value is -1.61. The maximum absolute atomic E-state index is 12.3. The van der Waals surface area contributed by atoms with Crippen LogP contribution in [-0.2, 0) is 26.6 Å². The maximum atomic E-state index is 12.3. The van der Waals surface area contributed by atoms with Gasteiger partial charge in [-0.25, -0.2) is 0 Å². The van der Waals surface area contributed by atoms with Crippen molar-refractivity contribution in [3.8, 4) is 0 Å². The normalized spacial score (nSPS) is 21.5. The Morgan fingerprint density at radius 3 is 2.80 bits per heavy atom. The number of thioether (sulfide) groups is 1. The number of amides is 2. The van der Waals surface area contributed by atoms with Crippen LogP contribution in [0.4, 0.5) is 0 Å². The highest BCUT2D eigenvalue weighted by molar-refractivity contribution is 7.97. The Bertz CT molecular complexity index is 595. The van der Waals surface area contributed by atoms with Crippen LogP contribution in [0.1, 0.15) is 37.4 Å². The van der Waals surface area contributed by atoms with Crippen molar-refractivity contribution in [2.45, 2.75) is 44.1 Å². The average molecular weight is 368 g/mol. The van der Waals surface area contributed by atoms with Gasteiger partial charge in [-0.2, -0.15) is 16.7 Å². The second-order valence-corrected chi connectivity index (χ2v) is 7.22. The number of hydrogen-bond donors (Lipinski definition) is 1. The molecule has 2 aliphatic rings. The van der Waals surface area contributed by atoms with Crippen molar-refractivity contribution in [3.63, 3.8) is 0 Å². The van der Waals surface area contributed by atoms with E-state index in [1.54, 1.807) is 11.8 Å². The minimum atomic E-state index is -0.279. The van der Waals surface area contributed by atoms with E-state index in [9.17, 15) is 9.59 Å². The van der Waals surface area contributed by atoms with Crippen LogP contribution < -0.4 is 5.32 Å². The van der Waals surface area contributed by atoms with Crippen LogP contribution in [0.3, 0.4) is 0 Å². The number of hydrogen-bond acceptors (Lipinski definition) is 7. The van der Waals surface area contributed by atoms with Crippen LogP contribution in [-0.4, -0.2) is 58.9 Å². The van der Waals surface area contributed by atoms with Crippen LogP contribution in [0.25, 0.3) is 0 Å². The largest absolute Gasteiger partial charge is 0.368 e. The summed E-state index contributed by atoms with van der Waals surface area (Å²) in [4.78, 5) is 30.7. The second-order valence-electron chi connectivity index (χ2n) is 6.36. The first-order valence-electron chi connectivity index (χ1n) is 8.66. The summed E-state index contributed by atoms with van der Waals surface area (Å²) in [5.41, 5.74) is 0. The first kappa shape index (κ1) is 18.2. The highest BCUT2D eigenvalue weighted by atomic mass is 32.2. The van der Waals surface area contributed by atoms with Gasteiger partial charge in [-0.1, -0.05) is 5.16 Å². The number of rotatable bonds is 6. The van der Waals surface area contributed by atoms with E-state index in [1.165, 1.54) is 0 Å². The topological polar surface area (TPSA) is 97.6 Å². The number of nitrogens with one attached hydrogen (secondary N) is 1. The molecule has 138 valence electrons. The van der Waals surface area contributed by atoms with Crippen molar-refractivity contribution in [2.24, 2.45) is 5.92 Å². The molecule has 2 aliphatic heterocycles. The monoisotopic (exact) mass is 368 g/mol. The molecule has 3 heterocycles. The lowest BCUT2D eigenvalue weighted by molar-refractivity contribution is -0.143. The minimum absolute atomic E-state index is 0.0196. The van der Waals surface area contributed by atoms with E-state index in [-0.39, 0.29) is 30.4 Å². The van der Waals surface area contributed by atoms with Gasteiger partial charge in [0.1, 0.15) is 6.10 Å². The fourth-order valence-corrected chi connectivity index (χ4v) is 3.57. The maximum Gasteiger partial charge on any atom is 0.251 e. The van der Waals surface area contributed by atoms with Gasteiger partial charge in [-0.3, -0.25) is 9.59 Å². The quantitative estimate of drug-likeness (QED) is 0.799. The first-order valence-corrected chi connectivity index (χ1v) is 10.0. The van der Waals surface area contributed by atoms with E-state index in [0.29, 0.717) is 50.0 Å². The van der Waals surface area contributed by atoms with Crippen LogP contribution in [0, 0.1) is 5.92 Å². The Kier molecular flexibility index (Phi) is 6.30. The average Bonchev–Trinajstić information content (AvgIpc) is 3.31. The second kappa shape index (κ2) is 8.66. The standard InChI is InChI=1S/C16H24N4O4S/c1-25-10-13-18-14(24-19-13)9-17-15(21)11-4-6-20(7-5-11)16(22)12-3-2-8-23-12/h11-12H,2-10H2,1H3,(H,17,21). The van der Waals surface area contributed by atoms with Crippen LogP contribution >= 0.6 is 11.8 Å². The molecule has 0 aromatic carbocycles. The molecule has 1 aromatic rings. The first-order chi connectivity index (χ1) is 12.2. The number of aromatic nitrogens is 2. The van der Waals surface area contributed by atoms with E-state index in [1.807, 2.05) is 11.2 Å². The molecule has 2 amide bonds. The minimum Gasteiger partial charge on any atom is -0.368 e. The molecule has 0 aliphatic carbocycles. The fraction of sp³-hybridized carbons (Fsp3) is 0.750. The third-order valence-corrected chi connectivity index (χ3v) is 5.13. The summed E-state index contributed by atoms with van der Waals surface area (Å²) in [5, 5.41) is 6.70. The Morgan fingerprint density at radius 2 is 2.12 bits per heavy atom. The summed E-state index contributed by atoms with van der Waals surface area (Å²) in [7, 11) is 0. The van der Waals surface area contributed by atoms with E-state index in [0.717, 1.165) is 12.8 Å². The zero-order chi connectivity index (χ0) is 17.6. The van der Waals surface area contributed by atoms with Gasteiger partial charge in [0.2, 0.25) is 11.8 Å². The van der Waals surface area contributed by atoms with E-state index < -0.39 is 0 Å². The third-order valence-electron chi connectivity index (χ3n) is 4.58. The summed E-state index contributed by atoms with van der Waals surface area (Å²) in [6.07, 6.45) is 4.79. The number of piperidine rings is 1. The van der Waals surface area contributed by atoms with Gasteiger partial charge < -0.3 is 19.5 Å². The molecule has 1 unspecified atom stereocenters. The number of likely N-dealkylation sites (tertiary alicyclic amines) is 1. The van der Waals surface area contributed by atoms with Gasteiger partial charge in [0.25, 0.3) is 5.91 Å².